The van der Waals surface area contributed by atoms with Crippen LogP contribution in [0.25, 0.3) is 0 Å². The molecule has 34 nitrogen and oxygen atoms in total. The van der Waals surface area contributed by atoms with Gasteiger partial charge in [-0.2, -0.15) is 0 Å². The topological polar surface area (TPSA) is 497 Å². The monoisotopic (exact) mass is 1560 g/mol. The Balaban J connectivity index is 0.000000165. The Morgan fingerprint density at radius 3 is 1.08 bits per heavy atom. The first kappa shape index (κ1) is 83.2. The molecule has 7 aromatic carbocycles. The maximum Gasteiger partial charge on any atom is 0.343 e. The Bertz CT molecular complexity index is 4760. The molecular weight excluding hydrogens is 1470 g/mol. The number of hydrogen-bond donors (Lipinski definition) is 15. The van der Waals surface area contributed by atoms with Gasteiger partial charge in [-0.1, -0.05) is 43.3 Å². The molecule has 1 atom stereocenters. The lowest BCUT2D eigenvalue weighted by Gasteiger charge is -2.24. The number of ether oxygens (including phenoxy) is 10. The summed E-state index contributed by atoms with van der Waals surface area (Å²) in [6.45, 7) is 2.01. The molecule has 1 fully saturated rings. The van der Waals surface area contributed by atoms with Crippen molar-refractivity contribution in [2.45, 2.75) is 25.8 Å². The summed E-state index contributed by atoms with van der Waals surface area (Å²) in [7, 11) is 15.3. The van der Waals surface area contributed by atoms with E-state index in [0.29, 0.717) is 110 Å². The third-order valence-electron chi connectivity index (χ3n) is 18.3. The van der Waals surface area contributed by atoms with Gasteiger partial charge in [-0.15, -0.1) is 0 Å². The second-order valence-electron chi connectivity index (χ2n) is 25.1. The number of fused-ring (bicyclic) bond motifs is 1. The summed E-state index contributed by atoms with van der Waals surface area (Å²) in [5.41, 5.74) is 16.9. The number of allylic oxidation sites excluding steroid dienone is 1. The number of carbonyl (C=O) groups excluding carboxylic acids is 3. The van der Waals surface area contributed by atoms with Gasteiger partial charge in [-0.25, -0.2) is 4.79 Å². The smallest absolute Gasteiger partial charge is 0.343 e. The van der Waals surface area contributed by atoms with Crippen LogP contribution in [0.15, 0.2) is 202 Å². The zero-order valence-corrected chi connectivity index (χ0v) is 64.0. The second kappa shape index (κ2) is 36.6. The number of benzene rings is 7. The minimum atomic E-state index is -1.33. The maximum absolute atomic E-state index is 13.2. The Hall–Kier alpha value is -14.9. The zero-order valence-electron chi connectivity index (χ0n) is 64.0. The molecule has 0 unspecified atom stereocenters. The summed E-state index contributed by atoms with van der Waals surface area (Å²) in [5.74, 6) is 1.41. The molecule has 0 aromatic heterocycles. The number of nitrogens with zero attached hydrogens (tertiary/aromatic N) is 5. The van der Waals surface area contributed by atoms with Crippen LogP contribution in [0.3, 0.4) is 0 Å². The molecule has 34 heteroatoms. The van der Waals surface area contributed by atoms with E-state index in [4.69, 9.17) is 96.4 Å². The molecule has 0 spiro atoms. The van der Waals surface area contributed by atoms with E-state index in [0.717, 1.165) is 16.9 Å². The average Bonchev–Trinajstić information content (AvgIpc) is 1.59. The number of para-hydroxylation sites is 2. The number of carbonyl (C=O) groups is 4. The van der Waals surface area contributed by atoms with E-state index in [1.165, 1.54) is 76.5 Å². The highest BCUT2D eigenvalue weighted by atomic mass is 16.5. The Labute approximate surface area is 655 Å². The molecule has 6 aliphatic rings. The number of nitrogens with one attached hydrogen (secondary N) is 8. The first-order valence-corrected chi connectivity index (χ1v) is 34.6. The van der Waals surface area contributed by atoms with E-state index in [2.05, 4.69) is 10.6 Å². The highest BCUT2D eigenvalue weighted by molar-refractivity contribution is 6.35. The lowest BCUT2D eigenvalue weighted by molar-refractivity contribution is -0.132. The van der Waals surface area contributed by atoms with E-state index in [9.17, 15) is 39.6 Å². The van der Waals surface area contributed by atoms with E-state index in [1.807, 2.05) is 49.4 Å². The average molecular weight is 1560 g/mol. The first-order valence-electron chi connectivity index (χ1n) is 34.6. The van der Waals surface area contributed by atoms with Crippen molar-refractivity contribution in [3.05, 3.63) is 208 Å². The molecule has 13 rings (SSSR count). The standard InChI is InChI=1S/C22H23N3O3.C19H19N3O4.C13H16N4O3.C13H15N3O4.C13H14N2O5/c1-4-19-21(26)20(18-9-13-7-5-6-8-17(13)24-18)22(23)25(19)14-10-15(27-2)12-16(11-14)28-3;1-25-14-8-13(9-15(10-14)26-2)22-11-16(23)17(18(22)20)19(24)21-12-6-4-3-5-7-12;1-19-8-3-7(4-9(5-8)20-2)17-6-10(18)11(12(14)15)13(17)16;1-19-8-3-7(4-9(5-8)20-2)16-6-10(17)11(12(16)14)13(15)18;1-19-8-3-7(4-9(5-8)20-2)15-6-10(16)11(12(15)14)13(17)18/h5-8,10-12,19,23-24H,4,9H2,1-3H3;3-10,20,23H,11H2,1-2H3,(H,21,24);3-5,16,18H,6H2,1-2H3,(H3,14,15);3-5,14,17H,6H2,1-2H3,(H2,15,18);3-5,14,16H,6H2,1-2H3,(H,17,18)/t19-;;;;/m0..../s1. The van der Waals surface area contributed by atoms with Gasteiger partial charge in [0.15, 0.2) is 5.78 Å². The SMILES string of the molecule is CC[C@H]1C(=O)C(=C2Cc3ccccc3N2)C(=N)N1c1cc(OC)cc(OC)c1.COc1cc(OC)cc(N2CC(O)=C(C(=N)N)C2=N)c1.COc1cc(OC)cc(N2CC(O)=C(C(=O)Nc3ccccc3)C2=N)c1.COc1cc(OC)cc(N2CC(O)=C(C(=O)O)C2=N)c1.COc1cc(OC)cc(N2CC(O)=C(C(N)=O)C2=N)c1. The number of amidine groups is 6. The molecular formula is C80H87N15O19. The number of rotatable bonds is 21. The summed E-state index contributed by atoms with van der Waals surface area (Å²) in [4.78, 5) is 55.6. The molecule has 2 amide bonds. The van der Waals surface area contributed by atoms with Gasteiger partial charge in [-0.3, -0.25) is 46.8 Å². The molecule has 6 aliphatic heterocycles. The van der Waals surface area contributed by atoms with Gasteiger partial charge >= 0.3 is 5.97 Å². The van der Waals surface area contributed by atoms with E-state index >= 15 is 0 Å². The predicted octanol–water partition coefficient (Wildman–Crippen LogP) is 10.2. The fraction of sp³-hybridized carbons (Fsp3) is 0.225. The van der Waals surface area contributed by atoms with Crippen LogP contribution in [0, 0.1) is 32.5 Å². The number of hydrogen-bond acceptors (Lipinski definition) is 25. The summed E-state index contributed by atoms with van der Waals surface area (Å²) >= 11 is 0. The van der Waals surface area contributed by atoms with Crippen LogP contribution >= 0.6 is 0 Å². The van der Waals surface area contributed by atoms with Gasteiger partial charge in [0, 0.05) is 114 Å². The molecule has 0 saturated carbocycles. The quantitative estimate of drug-likeness (QED) is 0.0181. The third-order valence-corrected chi connectivity index (χ3v) is 18.3. The Morgan fingerprint density at radius 1 is 0.447 bits per heavy atom. The molecule has 7 aromatic rings. The maximum atomic E-state index is 13.2. The van der Waals surface area contributed by atoms with Crippen molar-refractivity contribution >= 4 is 98.4 Å². The number of anilines is 7. The molecule has 0 bridgehead atoms. The van der Waals surface area contributed by atoms with Crippen molar-refractivity contribution in [1.29, 1.82) is 32.5 Å². The normalized spacial score (nSPS) is 16.0. The predicted molar refractivity (Wildman–Crippen MR) is 431 cm³/mol. The van der Waals surface area contributed by atoms with Crippen LogP contribution in [0.4, 0.5) is 39.8 Å². The van der Waals surface area contributed by atoms with Crippen LogP contribution in [-0.4, -0.2) is 187 Å². The lowest BCUT2D eigenvalue weighted by Crippen LogP contribution is -2.34. The van der Waals surface area contributed by atoms with Gasteiger partial charge in [0.05, 0.1) is 143 Å². The number of primary amides is 1. The molecule has 17 N–H and O–H groups in total. The summed E-state index contributed by atoms with van der Waals surface area (Å²) in [6, 6.07) is 42.1. The summed E-state index contributed by atoms with van der Waals surface area (Å²) in [5, 5.41) is 103. The fourth-order valence-electron chi connectivity index (χ4n) is 12.6. The number of aliphatic carboxylic acids is 1. The molecule has 6 heterocycles. The van der Waals surface area contributed by atoms with Crippen molar-refractivity contribution < 1.29 is 92.1 Å². The van der Waals surface area contributed by atoms with Crippen LogP contribution in [0.2, 0.25) is 0 Å². The second-order valence-corrected chi connectivity index (χ2v) is 25.1. The van der Waals surface area contributed by atoms with Gasteiger partial charge in [0.25, 0.3) is 11.8 Å². The molecule has 1 saturated heterocycles. The van der Waals surface area contributed by atoms with Crippen molar-refractivity contribution in [3.63, 3.8) is 0 Å². The lowest BCUT2D eigenvalue weighted by atomic mass is 10.0. The number of carboxylic acids is 1. The third kappa shape index (κ3) is 18.2. The van der Waals surface area contributed by atoms with Gasteiger partial charge in [0.1, 0.15) is 132 Å². The first-order chi connectivity index (χ1) is 54.5. The van der Waals surface area contributed by atoms with E-state index in [1.54, 1.807) is 122 Å². The summed E-state index contributed by atoms with van der Waals surface area (Å²) in [6.07, 6.45) is 1.23. The van der Waals surface area contributed by atoms with Crippen LogP contribution in [0.5, 0.6) is 57.5 Å². The minimum Gasteiger partial charge on any atom is -0.509 e. The minimum absolute atomic E-state index is 0.00737. The number of Topliss-reactive ketones (excluding diaryl/α,β-unsaturated/α-hetero) is 1. The van der Waals surface area contributed by atoms with Crippen LogP contribution in [0.1, 0.15) is 18.9 Å². The van der Waals surface area contributed by atoms with Crippen molar-refractivity contribution in [2.75, 3.05) is 132 Å². The number of carboxylic acid groups (broad SMARTS) is 1. The molecule has 596 valence electrons. The van der Waals surface area contributed by atoms with Gasteiger partial charge in [-0.05, 0) is 30.2 Å². The highest BCUT2D eigenvalue weighted by Gasteiger charge is 2.44. The van der Waals surface area contributed by atoms with Gasteiger partial charge < -0.3 is 120 Å². The molecule has 0 radical (unpaired) electrons. The van der Waals surface area contributed by atoms with Crippen LogP contribution < -0.4 is 94.0 Å². The number of ketones is 1. The molecule has 0 aliphatic carbocycles. The van der Waals surface area contributed by atoms with Crippen LogP contribution in [-0.2, 0) is 25.6 Å². The molecule has 114 heavy (non-hydrogen) atoms. The van der Waals surface area contributed by atoms with Crippen molar-refractivity contribution in [3.8, 4) is 57.5 Å². The van der Waals surface area contributed by atoms with E-state index in [-0.39, 0.29) is 107 Å². The fourth-order valence-corrected chi connectivity index (χ4v) is 12.6. The number of methoxy groups -OCH3 is 10. The number of amides is 2. The highest BCUT2D eigenvalue weighted by Crippen LogP contribution is 2.41. The van der Waals surface area contributed by atoms with E-state index < -0.39 is 29.4 Å². The summed E-state index contributed by atoms with van der Waals surface area (Å²) < 4.78 is 52.1. The largest absolute Gasteiger partial charge is 0.509 e. The number of aliphatic hydroxyl groups is 4. The number of nitrogens with two attached hydrogens (primary N) is 2. The van der Waals surface area contributed by atoms with Crippen molar-refractivity contribution in [1.82, 2.24) is 0 Å². The zero-order chi connectivity index (χ0) is 83.1. The van der Waals surface area contributed by atoms with Crippen molar-refractivity contribution in [2.24, 2.45) is 11.5 Å². The Kier molecular flexibility index (Phi) is 26.7. The number of aliphatic hydroxyl groups excluding tert-OH is 4. The van der Waals surface area contributed by atoms with Gasteiger partial charge in [0.2, 0.25) is 0 Å². The Morgan fingerprint density at radius 2 is 0.763 bits per heavy atom.